The summed E-state index contributed by atoms with van der Waals surface area (Å²) in [7, 11) is 0. The summed E-state index contributed by atoms with van der Waals surface area (Å²) in [5.41, 5.74) is 0. The number of hydrogen-bond donors (Lipinski definition) is 0. The predicted octanol–water partition coefficient (Wildman–Crippen LogP) is 17.8. The average Bonchev–Trinajstić information content (AvgIpc) is 3.29. The molecule has 1 unspecified atom stereocenters. The van der Waals surface area contributed by atoms with Gasteiger partial charge < -0.3 is 14.2 Å². The molecule has 0 spiro atoms. The predicted molar refractivity (Wildman–Crippen MR) is 274 cm³/mol. The Labute approximate surface area is 395 Å². The molecule has 6 heteroatoms. The van der Waals surface area contributed by atoms with E-state index >= 15 is 0 Å². The smallest absolute Gasteiger partial charge is 0.306 e. The molecule has 64 heavy (non-hydrogen) atoms. The zero-order chi connectivity index (χ0) is 46.5. The number of unbranched alkanes of at least 4 members (excludes halogenated alkanes) is 25. The van der Waals surface area contributed by atoms with Gasteiger partial charge in [0.05, 0.1) is 0 Å². The molecule has 0 aromatic heterocycles. The first-order valence-corrected chi connectivity index (χ1v) is 26.9. The van der Waals surface area contributed by atoms with Gasteiger partial charge >= 0.3 is 17.9 Å². The standard InChI is InChI=1S/C58H100O6/c1-4-7-10-13-16-19-22-25-27-28-29-30-31-34-36-39-42-45-48-51-57(60)63-54-55(53-62-56(59)50-47-44-41-38-35-32-24-21-18-15-12-9-6-3)64-58(61)52-49-46-43-40-37-33-26-23-20-17-14-11-8-5-2/h7,10,16,19,25,27,29-30,32,35,41,44,55H,4-6,8-9,11-15,17-18,20-24,26,28,31,33-34,36-40,42-43,45-54H2,1-3H3/b10-7-,19-16-,27-25-,30-29-,35-32-,44-41-. The van der Waals surface area contributed by atoms with E-state index in [1.54, 1.807) is 0 Å². The molecule has 0 aliphatic rings. The number of carbonyl (C=O) groups excluding carboxylic acids is 3. The normalized spacial score (nSPS) is 12.6. The average molecular weight is 893 g/mol. The van der Waals surface area contributed by atoms with Gasteiger partial charge in [-0.05, 0) is 77.0 Å². The number of allylic oxidation sites excluding steroid dienone is 12. The largest absolute Gasteiger partial charge is 0.462 e. The van der Waals surface area contributed by atoms with E-state index in [4.69, 9.17) is 14.2 Å². The lowest BCUT2D eigenvalue weighted by atomic mass is 10.0. The number of rotatable bonds is 48. The Morgan fingerprint density at radius 3 is 1.05 bits per heavy atom. The lowest BCUT2D eigenvalue weighted by Crippen LogP contribution is -2.30. The maximum absolute atomic E-state index is 12.8. The second-order valence-corrected chi connectivity index (χ2v) is 17.8. The summed E-state index contributed by atoms with van der Waals surface area (Å²) >= 11 is 0. The van der Waals surface area contributed by atoms with Crippen LogP contribution in [0.2, 0.25) is 0 Å². The lowest BCUT2D eigenvalue weighted by molar-refractivity contribution is -0.166. The molecule has 368 valence electrons. The maximum Gasteiger partial charge on any atom is 0.306 e. The molecule has 0 aliphatic heterocycles. The minimum absolute atomic E-state index is 0.0983. The van der Waals surface area contributed by atoms with Crippen LogP contribution in [0.15, 0.2) is 72.9 Å². The van der Waals surface area contributed by atoms with Gasteiger partial charge in [-0.2, -0.15) is 0 Å². The highest BCUT2D eigenvalue weighted by Gasteiger charge is 2.19. The van der Waals surface area contributed by atoms with E-state index in [0.717, 1.165) is 89.9 Å². The van der Waals surface area contributed by atoms with Gasteiger partial charge in [0.25, 0.3) is 0 Å². The van der Waals surface area contributed by atoms with E-state index in [2.05, 4.69) is 87.6 Å². The Kier molecular flexibility index (Phi) is 49.9. The number of carbonyl (C=O) groups is 3. The second-order valence-electron chi connectivity index (χ2n) is 17.8. The van der Waals surface area contributed by atoms with Gasteiger partial charge in [-0.15, -0.1) is 0 Å². The fourth-order valence-corrected chi connectivity index (χ4v) is 7.43. The molecule has 0 fully saturated rings. The van der Waals surface area contributed by atoms with Gasteiger partial charge in [-0.3, -0.25) is 14.4 Å². The van der Waals surface area contributed by atoms with Crippen LogP contribution in [0.25, 0.3) is 0 Å². The van der Waals surface area contributed by atoms with Crippen molar-refractivity contribution in [3.8, 4) is 0 Å². The summed E-state index contributed by atoms with van der Waals surface area (Å²) in [6, 6.07) is 0. The molecule has 0 radical (unpaired) electrons. The zero-order valence-corrected chi connectivity index (χ0v) is 42.0. The van der Waals surface area contributed by atoms with Crippen molar-refractivity contribution in [2.75, 3.05) is 13.2 Å². The highest BCUT2D eigenvalue weighted by Crippen LogP contribution is 2.15. The van der Waals surface area contributed by atoms with E-state index in [1.165, 1.54) is 122 Å². The molecule has 0 N–H and O–H groups in total. The fraction of sp³-hybridized carbons (Fsp3) is 0.741. The summed E-state index contributed by atoms with van der Waals surface area (Å²) in [6.45, 7) is 6.46. The van der Waals surface area contributed by atoms with Crippen molar-refractivity contribution < 1.29 is 28.6 Å². The van der Waals surface area contributed by atoms with Crippen molar-refractivity contribution in [1.82, 2.24) is 0 Å². The maximum atomic E-state index is 12.8. The molecular formula is C58H100O6. The third kappa shape index (κ3) is 49.9. The zero-order valence-electron chi connectivity index (χ0n) is 42.0. The Bertz CT molecular complexity index is 1210. The molecule has 1 atom stereocenters. The molecule has 0 saturated carbocycles. The fourth-order valence-electron chi connectivity index (χ4n) is 7.43. The third-order valence-corrected chi connectivity index (χ3v) is 11.5. The van der Waals surface area contributed by atoms with E-state index in [-0.39, 0.29) is 37.5 Å². The molecule has 0 bridgehead atoms. The Hall–Kier alpha value is -3.15. The van der Waals surface area contributed by atoms with Crippen LogP contribution in [-0.2, 0) is 28.6 Å². The van der Waals surface area contributed by atoms with E-state index in [9.17, 15) is 14.4 Å². The minimum Gasteiger partial charge on any atom is -0.462 e. The van der Waals surface area contributed by atoms with Crippen LogP contribution in [0.4, 0.5) is 0 Å². The summed E-state index contributed by atoms with van der Waals surface area (Å²) < 4.78 is 16.8. The van der Waals surface area contributed by atoms with E-state index in [1.807, 2.05) is 6.08 Å². The monoisotopic (exact) mass is 893 g/mol. The van der Waals surface area contributed by atoms with Crippen LogP contribution >= 0.6 is 0 Å². The Morgan fingerprint density at radius 2 is 0.641 bits per heavy atom. The SMILES string of the molecule is CC/C=C\C/C=C\C/C=C\C/C=C\CCCCCCCCC(=O)OCC(COC(=O)CC/C=C\C/C=C\CCCCCCCC)OC(=O)CCCCCCCCCCCCCCCC. The van der Waals surface area contributed by atoms with Crippen molar-refractivity contribution in [3.05, 3.63) is 72.9 Å². The van der Waals surface area contributed by atoms with Crippen LogP contribution in [0.1, 0.15) is 258 Å². The van der Waals surface area contributed by atoms with Crippen LogP contribution in [0, 0.1) is 0 Å². The van der Waals surface area contributed by atoms with Gasteiger partial charge in [-0.1, -0.05) is 235 Å². The highest BCUT2D eigenvalue weighted by molar-refractivity contribution is 5.71. The van der Waals surface area contributed by atoms with Crippen LogP contribution in [0.3, 0.4) is 0 Å². The summed E-state index contributed by atoms with van der Waals surface area (Å²) in [4.78, 5) is 38.0. The van der Waals surface area contributed by atoms with Crippen LogP contribution in [-0.4, -0.2) is 37.2 Å². The molecule has 6 nitrogen and oxygen atoms in total. The van der Waals surface area contributed by atoms with Gasteiger partial charge in [0.1, 0.15) is 13.2 Å². The molecule has 0 saturated heterocycles. The molecule has 0 rings (SSSR count). The molecule has 0 aromatic rings. The molecule has 0 heterocycles. The topological polar surface area (TPSA) is 78.9 Å². The Balaban J connectivity index is 4.43. The quantitative estimate of drug-likeness (QED) is 0.0262. The third-order valence-electron chi connectivity index (χ3n) is 11.5. The van der Waals surface area contributed by atoms with Gasteiger partial charge in [0.15, 0.2) is 6.10 Å². The second kappa shape index (κ2) is 52.5. The highest BCUT2D eigenvalue weighted by atomic mass is 16.6. The van der Waals surface area contributed by atoms with Crippen molar-refractivity contribution in [2.45, 2.75) is 264 Å². The van der Waals surface area contributed by atoms with Gasteiger partial charge in [0.2, 0.25) is 0 Å². The molecular weight excluding hydrogens is 793 g/mol. The minimum atomic E-state index is -0.801. The van der Waals surface area contributed by atoms with Crippen molar-refractivity contribution >= 4 is 17.9 Å². The lowest BCUT2D eigenvalue weighted by Gasteiger charge is -2.18. The Morgan fingerprint density at radius 1 is 0.328 bits per heavy atom. The first-order valence-electron chi connectivity index (χ1n) is 26.9. The van der Waals surface area contributed by atoms with E-state index in [0.29, 0.717) is 19.3 Å². The summed E-state index contributed by atoms with van der Waals surface area (Å²) in [5, 5.41) is 0. The number of esters is 3. The summed E-state index contributed by atoms with van der Waals surface area (Å²) in [5.74, 6) is -0.976. The van der Waals surface area contributed by atoms with Crippen molar-refractivity contribution in [3.63, 3.8) is 0 Å². The number of ether oxygens (including phenoxy) is 3. The molecule has 0 amide bonds. The van der Waals surface area contributed by atoms with Crippen LogP contribution < -0.4 is 0 Å². The first kappa shape index (κ1) is 60.9. The summed E-state index contributed by atoms with van der Waals surface area (Å²) in [6.07, 6.45) is 66.1. The molecule has 0 aromatic carbocycles. The number of hydrogen-bond acceptors (Lipinski definition) is 6. The van der Waals surface area contributed by atoms with Gasteiger partial charge in [0, 0.05) is 19.3 Å². The van der Waals surface area contributed by atoms with Crippen molar-refractivity contribution in [1.29, 1.82) is 0 Å². The van der Waals surface area contributed by atoms with Crippen molar-refractivity contribution in [2.24, 2.45) is 0 Å². The molecule has 0 aliphatic carbocycles. The van der Waals surface area contributed by atoms with Crippen LogP contribution in [0.5, 0.6) is 0 Å². The van der Waals surface area contributed by atoms with Gasteiger partial charge in [-0.25, -0.2) is 0 Å². The van der Waals surface area contributed by atoms with E-state index < -0.39 is 6.10 Å². The first-order chi connectivity index (χ1) is 31.5.